The molecule has 0 unspecified atom stereocenters. The lowest BCUT2D eigenvalue weighted by atomic mass is 9.88. The van der Waals surface area contributed by atoms with Crippen molar-refractivity contribution in [2.45, 2.75) is 32.6 Å². The van der Waals surface area contributed by atoms with Crippen molar-refractivity contribution >= 4 is 40.7 Å². The molecule has 22 heavy (non-hydrogen) atoms. The van der Waals surface area contributed by atoms with E-state index in [0.29, 0.717) is 36.5 Å². The Hall–Kier alpha value is -0.680. The number of rotatable bonds is 2. The first-order valence-corrected chi connectivity index (χ1v) is 8.43. The number of carbonyl (C=O) groups is 1. The number of benzene rings is 1. The van der Waals surface area contributed by atoms with Gasteiger partial charge >= 0.3 is 0 Å². The number of phenols is 1. The molecule has 0 aliphatic carbocycles. The molecule has 1 aromatic carbocycles. The number of halogens is 3. The molecular formula is C15H21Cl3N2O2. The first kappa shape index (κ1) is 19.4. The van der Waals surface area contributed by atoms with Crippen LogP contribution in [0, 0.1) is 0 Å². The second-order valence-corrected chi connectivity index (χ2v) is 5.94. The van der Waals surface area contributed by atoms with Crippen molar-refractivity contribution in [3.63, 3.8) is 0 Å². The topological polar surface area (TPSA) is 66.6 Å². The summed E-state index contributed by atoms with van der Waals surface area (Å²) in [6, 6.07) is 1.41. The first-order chi connectivity index (χ1) is 10.5. The zero-order valence-electron chi connectivity index (χ0n) is 12.7. The van der Waals surface area contributed by atoms with Gasteiger partial charge in [0, 0.05) is 24.7 Å². The Morgan fingerprint density at radius 1 is 1.27 bits per heavy atom. The van der Waals surface area contributed by atoms with Gasteiger partial charge in [0.25, 0.3) is 0 Å². The number of hydrogen-bond donors (Lipinski definition) is 2. The van der Waals surface area contributed by atoms with Gasteiger partial charge in [-0.15, -0.1) is 0 Å². The lowest BCUT2D eigenvalue weighted by Gasteiger charge is -2.32. The molecule has 1 aliphatic heterocycles. The summed E-state index contributed by atoms with van der Waals surface area (Å²) in [4.78, 5) is 13.3. The van der Waals surface area contributed by atoms with E-state index in [-0.39, 0.29) is 34.2 Å². The Bertz CT molecular complexity index is 530. The van der Waals surface area contributed by atoms with Gasteiger partial charge in [-0.3, -0.25) is 4.79 Å². The third kappa shape index (κ3) is 4.19. The summed E-state index contributed by atoms with van der Waals surface area (Å²) in [5.41, 5.74) is 5.96. The molecule has 1 heterocycles. The van der Waals surface area contributed by atoms with Gasteiger partial charge in [0.1, 0.15) is 5.75 Å². The van der Waals surface area contributed by atoms with Gasteiger partial charge in [-0.05, 0) is 18.8 Å². The van der Waals surface area contributed by atoms with Gasteiger partial charge in [-0.2, -0.15) is 0 Å². The van der Waals surface area contributed by atoms with E-state index in [9.17, 15) is 9.90 Å². The summed E-state index contributed by atoms with van der Waals surface area (Å²) < 4.78 is 0. The first-order valence-electron chi connectivity index (χ1n) is 7.30. The van der Waals surface area contributed by atoms with E-state index in [4.69, 9.17) is 40.5 Å². The van der Waals surface area contributed by atoms with Crippen LogP contribution < -0.4 is 5.73 Å². The van der Waals surface area contributed by atoms with Gasteiger partial charge < -0.3 is 15.7 Å². The molecule has 0 saturated carbocycles. The number of hydrogen-bond acceptors (Lipinski definition) is 3. The van der Waals surface area contributed by atoms with E-state index in [1.807, 2.05) is 13.8 Å². The highest BCUT2D eigenvalue weighted by Crippen LogP contribution is 2.44. The highest BCUT2D eigenvalue weighted by Gasteiger charge is 2.28. The molecule has 0 bridgehead atoms. The molecule has 2 rings (SSSR count). The Kier molecular flexibility index (Phi) is 7.77. The minimum Gasteiger partial charge on any atom is -0.508 e. The average molecular weight is 368 g/mol. The predicted molar refractivity (Wildman–Crippen MR) is 92.1 cm³/mol. The normalized spacial score (nSPS) is 15.3. The number of piperidine rings is 1. The van der Waals surface area contributed by atoms with E-state index < -0.39 is 0 Å². The highest BCUT2D eigenvalue weighted by atomic mass is 35.5. The quantitative estimate of drug-likeness (QED) is 0.775. The summed E-state index contributed by atoms with van der Waals surface area (Å²) in [5.74, 6) is 0.0417. The third-order valence-corrected chi connectivity index (χ3v) is 4.89. The van der Waals surface area contributed by atoms with Crippen LogP contribution in [0.25, 0.3) is 0 Å². The van der Waals surface area contributed by atoms with E-state index in [0.717, 1.165) is 0 Å². The van der Waals surface area contributed by atoms with Crippen molar-refractivity contribution < 1.29 is 9.90 Å². The Morgan fingerprint density at radius 3 is 2.32 bits per heavy atom. The Morgan fingerprint density at radius 2 is 1.82 bits per heavy atom. The van der Waals surface area contributed by atoms with Gasteiger partial charge in [0.2, 0.25) is 5.91 Å². The second kappa shape index (κ2) is 8.82. The molecule has 1 amide bonds. The smallest absolute Gasteiger partial charge is 0.236 e. The van der Waals surface area contributed by atoms with Crippen LogP contribution in [0.4, 0.5) is 0 Å². The summed E-state index contributed by atoms with van der Waals surface area (Å²) in [5, 5.41) is 10.8. The lowest BCUT2D eigenvalue weighted by molar-refractivity contribution is -0.130. The van der Waals surface area contributed by atoms with Crippen molar-refractivity contribution in [1.82, 2.24) is 4.90 Å². The fourth-order valence-corrected chi connectivity index (χ4v) is 3.29. The predicted octanol–water partition coefficient (Wildman–Crippen LogP) is 4.04. The second-order valence-electron chi connectivity index (χ2n) is 4.78. The van der Waals surface area contributed by atoms with E-state index in [1.54, 1.807) is 4.90 Å². The minimum absolute atomic E-state index is 0.0173. The summed E-state index contributed by atoms with van der Waals surface area (Å²) in [6.07, 6.45) is 1.41. The number of aromatic hydroxyl groups is 1. The zero-order chi connectivity index (χ0) is 16.9. The van der Waals surface area contributed by atoms with Crippen LogP contribution in [0.2, 0.25) is 15.1 Å². The van der Waals surface area contributed by atoms with Gasteiger partial charge in [-0.25, -0.2) is 0 Å². The number of carbonyl (C=O) groups excluding carboxylic acids is 1. The van der Waals surface area contributed by atoms with Gasteiger partial charge in [0.15, 0.2) is 0 Å². The largest absolute Gasteiger partial charge is 0.508 e. The highest BCUT2D eigenvalue weighted by molar-refractivity contribution is 6.48. The number of phenolic OH excluding ortho intramolecular Hbond substituents is 1. The Balaban J connectivity index is 0.00000116. The number of likely N-dealkylation sites (tertiary alicyclic amines) is 1. The summed E-state index contributed by atoms with van der Waals surface area (Å²) in [6.45, 7) is 5.21. The zero-order valence-corrected chi connectivity index (χ0v) is 15.0. The molecule has 4 nitrogen and oxygen atoms in total. The molecule has 124 valence electrons. The minimum atomic E-state index is -0.0621. The van der Waals surface area contributed by atoms with Crippen molar-refractivity contribution in [3.8, 4) is 5.75 Å². The number of amides is 1. The lowest BCUT2D eigenvalue weighted by Crippen LogP contribution is -2.41. The fourth-order valence-electron chi connectivity index (χ4n) is 2.53. The van der Waals surface area contributed by atoms with Crippen molar-refractivity contribution in [1.29, 1.82) is 0 Å². The van der Waals surface area contributed by atoms with Crippen LogP contribution in [-0.2, 0) is 4.79 Å². The van der Waals surface area contributed by atoms with Crippen LogP contribution in [0.1, 0.15) is 38.2 Å². The van der Waals surface area contributed by atoms with Crippen molar-refractivity contribution in [2.75, 3.05) is 19.6 Å². The molecule has 1 saturated heterocycles. The SMILES string of the molecule is CC.NCC(=O)N1CCC(c2c(O)cc(Cl)c(Cl)c2Cl)CC1. The molecule has 7 heteroatoms. The average Bonchev–Trinajstić information content (AvgIpc) is 2.54. The monoisotopic (exact) mass is 366 g/mol. The number of nitrogens with two attached hydrogens (primary N) is 1. The molecule has 1 aromatic rings. The van der Waals surface area contributed by atoms with Crippen LogP contribution >= 0.6 is 34.8 Å². The van der Waals surface area contributed by atoms with Crippen LogP contribution in [0.3, 0.4) is 0 Å². The van der Waals surface area contributed by atoms with E-state index >= 15 is 0 Å². The van der Waals surface area contributed by atoms with Gasteiger partial charge in [-0.1, -0.05) is 48.7 Å². The van der Waals surface area contributed by atoms with E-state index in [1.165, 1.54) is 6.07 Å². The third-order valence-electron chi connectivity index (χ3n) is 3.61. The van der Waals surface area contributed by atoms with Gasteiger partial charge in [0.05, 0.1) is 21.6 Å². The molecule has 0 spiro atoms. The molecule has 3 N–H and O–H groups in total. The maximum absolute atomic E-state index is 11.5. The summed E-state index contributed by atoms with van der Waals surface area (Å²) >= 11 is 18.1. The van der Waals surface area contributed by atoms with Crippen LogP contribution in [0.15, 0.2) is 6.07 Å². The standard InChI is InChI=1S/C13H15Cl3N2O2.C2H6/c14-8-5-9(19)11(13(16)12(8)15)7-1-3-18(4-2-7)10(20)6-17;1-2/h5,7,19H,1-4,6,17H2;1-2H3. The molecule has 0 atom stereocenters. The van der Waals surface area contributed by atoms with Crippen LogP contribution in [0.5, 0.6) is 5.75 Å². The molecular weight excluding hydrogens is 347 g/mol. The molecule has 1 fully saturated rings. The van der Waals surface area contributed by atoms with Crippen molar-refractivity contribution in [3.05, 3.63) is 26.7 Å². The molecule has 0 aromatic heterocycles. The maximum atomic E-state index is 11.5. The Labute approximate surface area is 146 Å². The number of nitrogens with zero attached hydrogens (tertiary/aromatic N) is 1. The maximum Gasteiger partial charge on any atom is 0.236 e. The fraction of sp³-hybridized carbons (Fsp3) is 0.533. The van der Waals surface area contributed by atoms with Crippen LogP contribution in [-0.4, -0.2) is 35.5 Å². The van der Waals surface area contributed by atoms with E-state index in [2.05, 4.69) is 0 Å². The molecule has 0 radical (unpaired) electrons. The molecule has 1 aliphatic rings. The van der Waals surface area contributed by atoms with Crippen molar-refractivity contribution in [2.24, 2.45) is 5.73 Å². The summed E-state index contributed by atoms with van der Waals surface area (Å²) in [7, 11) is 0.